The number of esters is 2. The van der Waals surface area contributed by atoms with E-state index in [1.54, 1.807) is 0 Å². The molecule has 0 aromatic rings. The molecule has 9 heteroatoms. The number of hydrogen-bond donors (Lipinski definition) is 1. The minimum absolute atomic E-state index is 0.182. The van der Waals surface area contributed by atoms with Crippen LogP contribution in [0.3, 0.4) is 0 Å². The highest BCUT2D eigenvalue weighted by atomic mass is 16.7. The van der Waals surface area contributed by atoms with Gasteiger partial charge in [0, 0.05) is 12.8 Å². The zero-order valence-electron chi connectivity index (χ0n) is 57.4. The van der Waals surface area contributed by atoms with Gasteiger partial charge < -0.3 is 28.5 Å². The number of aliphatic carboxylic acids is 1. The van der Waals surface area contributed by atoms with Gasteiger partial charge in [0.05, 0.1) is 34.4 Å². The molecule has 2 atom stereocenters. The predicted octanol–water partition coefficient (Wildman–Crippen LogP) is 22.8. The molecule has 0 bridgehead atoms. The fourth-order valence-corrected chi connectivity index (χ4v) is 10.3. The number of unbranched alkanes of at least 4 members (excludes halogenated alkanes) is 36. The van der Waals surface area contributed by atoms with Crippen LogP contribution in [0.2, 0.25) is 0 Å². The van der Waals surface area contributed by atoms with Gasteiger partial charge >= 0.3 is 17.9 Å². The van der Waals surface area contributed by atoms with Gasteiger partial charge in [0.25, 0.3) is 6.29 Å². The second kappa shape index (κ2) is 68.1. The molecule has 9 nitrogen and oxygen atoms in total. The summed E-state index contributed by atoms with van der Waals surface area (Å²) in [6.07, 6.45) is 91.0. The number of carbonyl (C=O) groups excluding carboxylic acids is 2. The second-order valence-corrected chi connectivity index (χ2v) is 25.5. The van der Waals surface area contributed by atoms with Crippen molar-refractivity contribution >= 4 is 17.9 Å². The summed E-state index contributed by atoms with van der Waals surface area (Å²) >= 11 is 0. The molecule has 0 radical (unpaired) electrons. The van der Waals surface area contributed by atoms with Crippen molar-refractivity contribution in [2.75, 3.05) is 47.5 Å². The van der Waals surface area contributed by atoms with E-state index in [1.807, 2.05) is 21.1 Å². The first-order chi connectivity index (χ1) is 42.6. The minimum atomic E-state index is -1.51. The molecular formula is C78H138NO8+. The predicted molar refractivity (Wildman–Crippen MR) is 373 cm³/mol. The van der Waals surface area contributed by atoms with Crippen molar-refractivity contribution in [1.82, 2.24) is 0 Å². The number of hydrogen-bond acceptors (Lipinski definition) is 7. The van der Waals surface area contributed by atoms with Gasteiger partial charge in [-0.1, -0.05) is 310 Å². The molecule has 0 heterocycles. The van der Waals surface area contributed by atoms with Gasteiger partial charge in [-0.25, -0.2) is 4.79 Å². The molecule has 0 rings (SSSR count). The van der Waals surface area contributed by atoms with Crippen LogP contribution in [0.1, 0.15) is 322 Å². The summed E-state index contributed by atoms with van der Waals surface area (Å²) in [6.45, 7) is 4.80. The number of likely N-dealkylation sites (N-methyl/N-ethyl adjacent to an activating group) is 1. The summed E-state index contributed by atoms with van der Waals surface area (Å²) in [7, 11) is 5.98. The summed E-state index contributed by atoms with van der Waals surface area (Å²) in [5, 5.41) is 9.75. The topological polar surface area (TPSA) is 108 Å². The normalized spacial score (nSPS) is 13.3. The first-order valence-corrected chi connectivity index (χ1v) is 36.4. The molecule has 0 aromatic carbocycles. The van der Waals surface area contributed by atoms with Crippen LogP contribution in [0.4, 0.5) is 0 Å². The van der Waals surface area contributed by atoms with E-state index < -0.39 is 24.3 Å². The maximum absolute atomic E-state index is 13.0. The summed E-state index contributed by atoms with van der Waals surface area (Å²) in [5.74, 6) is -1.99. The lowest BCUT2D eigenvalue weighted by Gasteiger charge is -2.25. The maximum atomic E-state index is 13.0. The van der Waals surface area contributed by atoms with Crippen molar-refractivity contribution < 1.29 is 42.9 Å². The number of carboxylic acid groups (broad SMARTS) is 1. The van der Waals surface area contributed by atoms with E-state index in [0.29, 0.717) is 17.4 Å². The number of nitrogens with zero attached hydrogens (tertiary/aromatic N) is 1. The Morgan fingerprint density at radius 3 is 0.989 bits per heavy atom. The van der Waals surface area contributed by atoms with Crippen molar-refractivity contribution in [2.45, 2.75) is 334 Å². The molecule has 1 N–H and O–H groups in total. The Morgan fingerprint density at radius 1 is 0.356 bits per heavy atom. The van der Waals surface area contributed by atoms with Crippen LogP contribution in [0.15, 0.2) is 97.2 Å². The molecular weight excluding hydrogens is 1080 g/mol. The van der Waals surface area contributed by atoms with Gasteiger partial charge in [0.2, 0.25) is 0 Å². The largest absolute Gasteiger partial charge is 0.477 e. The minimum Gasteiger partial charge on any atom is -0.477 e. The van der Waals surface area contributed by atoms with E-state index in [1.165, 1.54) is 212 Å². The molecule has 2 unspecified atom stereocenters. The number of carboxylic acids is 1. The van der Waals surface area contributed by atoms with Crippen molar-refractivity contribution in [2.24, 2.45) is 0 Å². The Morgan fingerprint density at radius 2 is 0.655 bits per heavy atom. The van der Waals surface area contributed by atoms with E-state index in [2.05, 4.69) is 111 Å². The van der Waals surface area contributed by atoms with Gasteiger partial charge in [-0.15, -0.1) is 0 Å². The summed E-state index contributed by atoms with van der Waals surface area (Å²) in [6, 6.07) is 0. The lowest BCUT2D eigenvalue weighted by molar-refractivity contribution is -0.870. The quantitative estimate of drug-likeness (QED) is 0.0211. The highest BCUT2D eigenvalue weighted by Gasteiger charge is 2.25. The van der Waals surface area contributed by atoms with Crippen LogP contribution in [-0.4, -0.2) is 87.4 Å². The third kappa shape index (κ3) is 69.5. The lowest BCUT2D eigenvalue weighted by Crippen LogP contribution is -2.40. The Hall–Kier alpha value is -3.79. The van der Waals surface area contributed by atoms with Gasteiger partial charge in [0.15, 0.2) is 6.10 Å². The van der Waals surface area contributed by atoms with E-state index >= 15 is 0 Å². The monoisotopic (exact) mass is 1220 g/mol. The fourth-order valence-electron chi connectivity index (χ4n) is 10.3. The molecule has 0 aliphatic carbocycles. The third-order valence-electron chi connectivity index (χ3n) is 15.8. The van der Waals surface area contributed by atoms with Crippen LogP contribution >= 0.6 is 0 Å². The van der Waals surface area contributed by atoms with Crippen LogP contribution in [0.5, 0.6) is 0 Å². The molecule has 87 heavy (non-hydrogen) atoms. The number of quaternary nitrogens is 1. The Labute approximate surface area is 537 Å². The van der Waals surface area contributed by atoms with E-state index in [4.69, 9.17) is 18.9 Å². The van der Waals surface area contributed by atoms with Crippen LogP contribution < -0.4 is 0 Å². The standard InChI is InChI=1S/C78H137NO8/c1-6-8-10-12-14-16-18-20-22-24-26-28-29-30-31-32-33-34-35-36-37-38-39-40-41-42-43-44-45-46-47-49-51-53-55-57-59-61-63-65-67-69-76(81)87-74(73-86-78(77(82)83)84-71-70-79(3,4)5)72-85-75(80)68-66-64-62-60-58-56-54-52-50-48-27-25-23-21-19-17-15-13-11-9-7-2/h8,10,14,16,20,22,25-28,30-31,33-34,36-37,74,78H,6-7,9,11-13,15,17-19,21,23-24,29,32,35,38-73H2,1-5H3/p+1/b10-8-,16-14-,22-20-,27-25-,28-26-,31-30-,34-33-,37-36-. The number of ether oxygens (including phenoxy) is 4. The molecule has 0 saturated carbocycles. The maximum Gasteiger partial charge on any atom is 0.361 e. The second-order valence-electron chi connectivity index (χ2n) is 25.5. The van der Waals surface area contributed by atoms with Crippen molar-refractivity contribution in [3.63, 3.8) is 0 Å². The summed E-state index contributed by atoms with van der Waals surface area (Å²) < 4.78 is 23.0. The van der Waals surface area contributed by atoms with Crippen molar-refractivity contribution in [1.29, 1.82) is 0 Å². The Bertz CT molecular complexity index is 1750. The zero-order chi connectivity index (χ0) is 63.3. The van der Waals surface area contributed by atoms with Gasteiger partial charge in [-0.3, -0.25) is 9.59 Å². The fraction of sp³-hybridized carbons (Fsp3) is 0.756. The van der Waals surface area contributed by atoms with E-state index in [9.17, 15) is 19.5 Å². The number of allylic oxidation sites excluding steroid dienone is 16. The van der Waals surface area contributed by atoms with E-state index in [0.717, 1.165) is 83.5 Å². The van der Waals surface area contributed by atoms with Crippen molar-refractivity contribution in [3.8, 4) is 0 Å². The molecule has 0 spiro atoms. The smallest absolute Gasteiger partial charge is 0.361 e. The first kappa shape index (κ1) is 83.2. The summed E-state index contributed by atoms with van der Waals surface area (Å²) in [4.78, 5) is 37.6. The van der Waals surface area contributed by atoms with Gasteiger partial charge in [-0.05, 0) is 96.3 Å². The molecule has 0 aromatic heterocycles. The molecule has 0 saturated heterocycles. The molecule has 502 valence electrons. The van der Waals surface area contributed by atoms with Crippen LogP contribution in [-0.2, 0) is 33.3 Å². The highest BCUT2D eigenvalue weighted by Crippen LogP contribution is 2.18. The van der Waals surface area contributed by atoms with Gasteiger partial charge in [-0.2, -0.15) is 0 Å². The summed E-state index contributed by atoms with van der Waals surface area (Å²) in [5.41, 5.74) is 0. The highest BCUT2D eigenvalue weighted by molar-refractivity contribution is 5.71. The SMILES string of the molecule is CC/C=C\C/C=C\C/C=C\C/C=C\C/C=C\C/C=C\C/C=C\CCCCCCCCCCCCCCCCCCCCCC(=O)OC(COC(=O)CCCCCCCCCCC/C=C\CCCCCCCCCC)COC(OCC[N+](C)(C)C)C(=O)O. The zero-order valence-corrected chi connectivity index (χ0v) is 57.4. The van der Waals surface area contributed by atoms with Crippen LogP contribution in [0, 0.1) is 0 Å². The van der Waals surface area contributed by atoms with Crippen LogP contribution in [0.25, 0.3) is 0 Å². The average Bonchev–Trinajstić information content (AvgIpc) is 3.59. The average molecular weight is 1220 g/mol. The number of carbonyl (C=O) groups is 3. The number of rotatable bonds is 67. The molecule has 0 fully saturated rings. The van der Waals surface area contributed by atoms with Gasteiger partial charge in [0.1, 0.15) is 13.2 Å². The Kier molecular flexibility index (Phi) is 65.2. The molecule has 0 aliphatic rings. The molecule has 0 aliphatic heterocycles. The first-order valence-electron chi connectivity index (χ1n) is 36.4. The van der Waals surface area contributed by atoms with E-state index in [-0.39, 0.29) is 32.2 Å². The molecule has 0 amide bonds. The third-order valence-corrected chi connectivity index (χ3v) is 15.8. The Balaban J connectivity index is 4.02. The van der Waals surface area contributed by atoms with Crippen molar-refractivity contribution in [3.05, 3.63) is 97.2 Å². The lowest BCUT2D eigenvalue weighted by atomic mass is 10.0.